The van der Waals surface area contributed by atoms with E-state index in [9.17, 15) is 9.90 Å². The average Bonchev–Trinajstić information content (AvgIpc) is 2.35. The summed E-state index contributed by atoms with van der Waals surface area (Å²) in [6, 6.07) is 9.09. The van der Waals surface area contributed by atoms with E-state index in [1.54, 1.807) is 19.1 Å². The van der Waals surface area contributed by atoms with Crippen molar-refractivity contribution in [3.8, 4) is 0 Å². The molecule has 1 rings (SSSR count). The minimum atomic E-state index is -1.24. The highest BCUT2D eigenvalue weighted by molar-refractivity contribution is 5.78. The maximum Gasteiger partial charge on any atom is 0.340 e. The van der Waals surface area contributed by atoms with E-state index in [1.807, 2.05) is 18.2 Å². The highest BCUT2D eigenvalue weighted by Crippen LogP contribution is 2.25. The molecule has 0 amide bonds. The Morgan fingerprint density at radius 1 is 1.29 bits per heavy atom. The number of carboxylic acids is 1. The number of unbranched alkanes of at least 4 members (excludes halogenated alkanes) is 2. The van der Waals surface area contributed by atoms with Gasteiger partial charge in [-0.2, -0.15) is 0 Å². The molecule has 94 valence electrons. The molecule has 17 heavy (non-hydrogen) atoms. The zero-order valence-corrected chi connectivity index (χ0v) is 10.5. The van der Waals surface area contributed by atoms with Gasteiger partial charge in [0.25, 0.3) is 0 Å². The van der Waals surface area contributed by atoms with Crippen molar-refractivity contribution in [2.24, 2.45) is 0 Å². The van der Waals surface area contributed by atoms with E-state index in [0.717, 1.165) is 19.3 Å². The number of hydrogen-bond donors (Lipinski definition) is 1. The largest absolute Gasteiger partial charge is 0.479 e. The second-order valence-corrected chi connectivity index (χ2v) is 4.26. The fourth-order valence-corrected chi connectivity index (χ4v) is 1.65. The van der Waals surface area contributed by atoms with E-state index in [0.29, 0.717) is 12.2 Å². The molecule has 1 N–H and O–H groups in total. The van der Waals surface area contributed by atoms with Gasteiger partial charge in [-0.05, 0) is 18.9 Å². The van der Waals surface area contributed by atoms with E-state index in [4.69, 9.17) is 4.74 Å². The zero-order valence-electron chi connectivity index (χ0n) is 10.5. The lowest BCUT2D eigenvalue weighted by molar-refractivity contribution is -0.165. The summed E-state index contributed by atoms with van der Waals surface area (Å²) in [7, 11) is 0. The second-order valence-electron chi connectivity index (χ2n) is 4.26. The Bertz CT molecular complexity index is 348. The standard InChI is InChI=1S/C14H20O3/c1-3-4-8-11-17-14(2,13(15)16)12-9-6-5-7-10-12/h5-7,9-10H,3-4,8,11H2,1-2H3,(H,15,16). The van der Waals surface area contributed by atoms with E-state index in [1.165, 1.54) is 0 Å². The average molecular weight is 236 g/mol. The Morgan fingerprint density at radius 3 is 2.47 bits per heavy atom. The molecule has 0 bridgehead atoms. The minimum absolute atomic E-state index is 0.478. The van der Waals surface area contributed by atoms with E-state index in [-0.39, 0.29) is 0 Å². The molecule has 0 saturated carbocycles. The van der Waals surface area contributed by atoms with Gasteiger partial charge >= 0.3 is 5.97 Å². The van der Waals surface area contributed by atoms with Gasteiger partial charge in [0.2, 0.25) is 0 Å². The molecule has 0 aliphatic heterocycles. The Morgan fingerprint density at radius 2 is 1.94 bits per heavy atom. The van der Waals surface area contributed by atoms with Crippen LogP contribution < -0.4 is 0 Å². The molecule has 1 unspecified atom stereocenters. The van der Waals surface area contributed by atoms with Crippen LogP contribution in [0, 0.1) is 0 Å². The molecule has 3 nitrogen and oxygen atoms in total. The molecule has 3 heteroatoms. The molecule has 0 fully saturated rings. The van der Waals surface area contributed by atoms with Gasteiger partial charge < -0.3 is 9.84 Å². The van der Waals surface area contributed by atoms with Crippen LogP contribution in [0.25, 0.3) is 0 Å². The van der Waals surface area contributed by atoms with Gasteiger partial charge in [-0.1, -0.05) is 50.1 Å². The summed E-state index contributed by atoms with van der Waals surface area (Å²) < 4.78 is 5.58. The van der Waals surface area contributed by atoms with Crippen molar-refractivity contribution in [1.29, 1.82) is 0 Å². The summed E-state index contributed by atoms with van der Waals surface area (Å²) >= 11 is 0. The molecule has 0 radical (unpaired) electrons. The van der Waals surface area contributed by atoms with Crippen molar-refractivity contribution in [3.05, 3.63) is 35.9 Å². The quantitative estimate of drug-likeness (QED) is 0.739. The summed E-state index contributed by atoms with van der Waals surface area (Å²) in [5.41, 5.74) is -0.557. The molecule has 0 spiro atoms. The number of aliphatic carboxylic acids is 1. The number of carbonyl (C=O) groups is 1. The zero-order chi connectivity index (χ0) is 12.7. The SMILES string of the molecule is CCCCCOC(C)(C(=O)O)c1ccccc1. The van der Waals surface area contributed by atoms with Gasteiger partial charge in [0.15, 0.2) is 5.60 Å². The maximum absolute atomic E-state index is 11.4. The van der Waals surface area contributed by atoms with Gasteiger partial charge in [-0.3, -0.25) is 0 Å². The van der Waals surface area contributed by atoms with Crippen LogP contribution in [0.4, 0.5) is 0 Å². The van der Waals surface area contributed by atoms with Crippen LogP contribution in [-0.2, 0) is 15.1 Å². The van der Waals surface area contributed by atoms with Crippen LogP contribution >= 0.6 is 0 Å². The van der Waals surface area contributed by atoms with Crippen molar-refractivity contribution in [1.82, 2.24) is 0 Å². The van der Waals surface area contributed by atoms with E-state index >= 15 is 0 Å². The Labute approximate surface area is 102 Å². The van der Waals surface area contributed by atoms with Gasteiger partial charge in [0.1, 0.15) is 0 Å². The topological polar surface area (TPSA) is 46.5 Å². The minimum Gasteiger partial charge on any atom is -0.479 e. The van der Waals surface area contributed by atoms with E-state index in [2.05, 4.69) is 6.92 Å². The number of benzene rings is 1. The third-order valence-corrected chi connectivity index (χ3v) is 2.87. The van der Waals surface area contributed by atoms with Gasteiger partial charge in [0, 0.05) is 6.61 Å². The van der Waals surface area contributed by atoms with Gasteiger partial charge in [-0.15, -0.1) is 0 Å². The van der Waals surface area contributed by atoms with Crippen LogP contribution in [0.3, 0.4) is 0 Å². The molecule has 0 saturated heterocycles. The lowest BCUT2D eigenvalue weighted by Crippen LogP contribution is -2.35. The van der Waals surface area contributed by atoms with Gasteiger partial charge in [-0.25, -0.2) is 4.79 Å². The van der Waals surface area contributed by atoms with Crippen LogP contribution in [0.1, 0.15) is 38.7 Å². The predicted octanol–water partition coefficient (Wildman–Crippen LogP) is 3.19. The monoisotopic (exact) mass is 236 g/mol. The first-order valence-corrected chi connectivity index (χ1v) is 6.04. The van der Waals surface area contributed by atoms with Crippen molar-refractivity contribution in [2.45, 2.75) is 38.7 Å². The summed E-state index contributed by atoms with van der Waals surface area (Å²) in [5, 5.41) is 9.32. The number of carboxylic acid groups (broad SMARTS) is 1. The predicted molar refractivity (Wildman–Crippen MR) is 66.9 cm³/mol. The Hall–Kier alpha value is -1.35. The van der Waals surface area contributed by atoms with Crippen LogP contribution in [0.2, 0.25) is 0 Å². The highest BCUT2D eigenvalue weighted by Gasteiger charge is 2.35. The molecule has 0 aromatic heterocycles. The fourth-order valence-electron chi connectivity index (χ4n) is 1.65. The molecular weight excluding hydrogens is 216 g/mol. The first kappa shape index (κ1) is 13.7. The van der Waals surface area contributed by atoms with Gasteiger partial charge in [0.05, 0.1) is 0 Å². The first-order chi connectivity index (χ1) is 8.11. The van der Waals surface area contributed by atoms with Crippen LogP contribution in [0.5, 0.6) is 0 Å². The maximum atomic E-state index is 11.4. The molecule has 0 aliphatic rings. The van der Waals surface area contributed by atoms with Crippen LogP contribution in [0.15, 0.2) is 30.3 Å². The second kappa shape index (κ2) is 6.40. The summed E-state index contributed by atoms with van der Waals surface area (Å²) in [6.45, 7) is 4.19. The van der Waals surface area contributed by atoms with Crippen molar-refractivity contribution in [3.63, 3.8) is 0 Å². The van der Waals surface area contributed by atoms with E-state index < -0.39 is 11.6 Å². The number of hydrogen-bond acceptors (Lipinski definition) is 2. The summed E-state index contributed by atoms with van der Waals surface area (Å²) in [6.07, 6.45) is 3.05. The van der Waals surface area contributed by atoms with Crippen LogP contribution in [-0.4, -0.2) is 17.7 Å². The normalized spacial score (nSPS) is 14.2. The number of rotatable bonds is 7. The molecule has 1 aromatic carbocycles. The first-order valence-electron chi connectivity index (χ1n) is 6.04. The Kier molecular flexibility index (Phi) is 5.16. The summed E-state index contributed by atoms with van der Waals surface area (Å²) in [5.74, 6) is -0.944. The third-order valence-electron chi connectivity index (χ3n) is 2.87. The lowest BCUT2D eigenvalue weighted by atomic mass is 9.96. The number of ether oxygens (including phenoxy) is 1. The van der Waals surface area contributed by atoms with Crippen molar-refractivity contribution >= 4 is 5.97 Å². The summed E-state index contributed by atoms with van der Waals surface area (Å²) in [4.78, 5) is 11.4. The molecule has 1 atom stereocenters. The highest BCUT2D eigenvalue weighted by atomic mass is 16.5. The molecular formula is C14H20O3. The van der Waals surface area contributed by atoms with Crippen molar-refractivity contribution in [2.75, 3.05) is 6.61 Å². The molecule has 0 heterocycles. The smallest absolute Gasteiger partial charge is 0.340 e. The molecule has 0 aliphatic carbocycles. The Balaban J connectivity index is 2.73. The fraction of sp³-hybridized carbons (Fsp3) is 0.500. The lowest BCUT2D eigenvalue weighted by Gasteiger charge is -2.25. The molecule has 1 aromatic rings. The third kappa shape index (κ3) is 3.56. The van der Waals surface area contributed by atoms with Crippen molar-refractivity contribution < 1.29 is 14.6 Å².